The van der Waals surface area contributed by atoms with E-state index in [1.807, 2.05) is 24.3 Å². The summed E-state index contributed by atoms with van der Waals surface area (Å²) in [5.74, 6) is 0.809. The van der Waals surface area contributed by atoms with E-state index in [2.05, 4.69) is 61.5 Å². The standard InChI is InChI=1S/C18H15BrClN3S/c1-3-9-23(10-4-2)16-15-14(12-5-7-13(19)8-6-12)11-24-17(15)22-18(20)21-16/h3-8,11H,1-2,9-10H2. The molecule has 2 heterocycles. The Bertz CT molecular complexity index is 879. The quantitative estimate of drug-likeness (QED) is 0.364. The number of halogens is 2. The molecule has 0 fully saturated rings. The maximum atomic E-state index is 6.14. The number of nitrogens with zero attached hydrogens (tertiary/aromatic N) is 3. The van der Waals surface area contributed by atoms with Crippen molar-refractivity contribution in [2.45, 2.75) is 0 Å². The van der Waals surface area contributed by atoms with E-state index in [0.29, 0.717) is 13.1 Å². The molecule has 0 spiro atoms. The van der Waals surface area contributed by atoms with Crippen molar-refractivity contribution in [1.29, 1.82) is 0 Å². The third-order valence-electron chi connectivity index (χ3n) is 3.54. The van der Waals surface area contributed by atoms with E-state index in [1.54, 1.807) is 11.3 Å². The molecule has 3 rings (SSSR count). The van der Waals surface area contributed by atoms with Crippen molar-refractivity contribution in [1.82, 2.24) is 9.97 Å². The van der Waals surface area contributed by atoms with Crippen molar-refractivity contribution in [3.8, 4) is 11.1 Å². The second-order valence-electron chi connectivity index (χ2n) is 5.14. The molecule has 0 aliphatic heterocycles. The van der Waals surface area contributed by atoms with E-state index in [1.165, 1.54) is 0 Å². The highest BCUT2D eigenvalue weighted by molar-refractivity contribution is 9.10. The van der Waals surface area contributed by atoms with Crippen LogP contribution in [0.1, 0.15) is 0 Å². The minimum atomic E-state index is 0.250. The first-order valence-corrected chi connectivity index (χ1v) is 9.36. The second kappa shape index (κ2) is 7.47. The molecule has 0 radical (unpaired) electrons. The van der Waals surface area contributed by atoms with Gasteiger partial charge in [0.05, 0.1) is 5.39 Å². The lowest BCUT2D eigenvalue weighted by Gasteiger charge is -2.21. The van der Waals surface area contributed by atoms with E-state index >= 15 is 0 Å². The van der Waals surface area contributed by atoms with Gasteiger partial charge in [-0.25, -0.2) is 4.98 Å². The van der Waals surface area contributed by atoms with Gasteiger partial charge in [0.25, 0.3) is 0 Å². The van der Waals surface area contributed by atoms with Crippen molar-refractivity contribution in [2.24, 2.45) is 0 Å². The van der Waals surface area contributed by atoms with Crippen LogP contribution in [0.5, 0.6) is 0 Å². The predicted octanol–water partition coefficient (Wildman–Crippen LogP) is 5.95. The monoisotopic (exact) mass is 419 g/mol. The van der Waals surface area contributed by atoms with Gasteiger partial charge < -0.3 is 4.90 Å². The minimum absolute atomic E-state index is 0.250. The van der Waals surface area contributed by atoms with E-state index in [0.717, 1.165) is 31.6 Å². The zero-order valence-electron chi connectivity index (χ0n) is 12.9. The normalized spacial score (nSPS) is 10.8. The van der Waals surface area contributed by atoms with Crippen molar-refractivity contribution in [3.63, 3.8) is 0 Å². The van der Waals surface area contributed by atoms with Crippen LogP contribution < -0.4 is 4.90 Å². The maximum absolute atomic E-state index is 6.14. The van der Waals surface area contributed by atoms with Gasteiger partial charge in [-0.05, 0) is 29.3 Å². The molecule has 0 aliphatic rings. The first-order valence-electron chi connectivity index (χ1n) is 7.31. The molecule has 3 aromatic rings. The third-order valence-corrected chi connectivity index (χ3v) is 5.11. The third kappa shape index (κ3) is 3.38. The summed E-state index contributed by atoms with van der Waals surface area (Å²) in [6.07, 6.45) is 3.69. The Balaban J connectivity index is 2.23. The molecular formula is C18H15BrClN3S. The Labute approximate surface area is 158 Å². The molecular weight excluding hydrogens is 406 g/mol. The van der Waals surface area contributed by atoms with Crippen LogP contribution in [0.25, 0.3) is 21.3 Å². The van der Waals surface area contributed by atoms with Crippen LogP contribution in [0.4, 0.5) is 5.82 Å². The average molecular weight is 421 g/mol. The van der Waals surface area contributed by atoms with Crippen LogP contribution in [0.3, 0.4) is 0 Å². The number of thiophene rings is 1. The lowest BCUT2D eigenvalue weighted by atomic mass is 10.1. The molecule has 0 saturated carbocycles. The van der Waals surface area contributed by atoms with Crippen molar-refractivity contribution < 1.29 is 0 Å². The predicted molar refractivity (Wildman–Crippen MR) is 108 cm³/mol. The molecule has 122 valence electrons. The Hall–Kier alpha value is -1.69. The summed E-state index contributed by atoms with van der Waals surface area (Å²) in [6, 6.07) is 8.21. The van der Waals surface area contributed by atoms with E-state index in [4.69, 9.17) is 11.6 Å². The Morgan fingerprint density at radius 3 is 2.42 bits per heavy atom. The van der Waals surface area contributed by atoms with Gasteiger partial charge in [-0.2, -0.15) is 4.98 Å². The number of anilines is 1. The molecule has 3 nitrogen and oxygen atoms in total. The van der Waals surface area contributed by atoms with E-state index in [9.17, 15) is 0 Å². The Morgan fingerprint density at radius 1 is 1.12 bits per heavy atom. The van der Waals surface area contributed by atoms with Crippen molar-refractivity contribution >= 4 is 54.9 Å². The molecule has 0 saturated heterocycles. The molecule has 0 atom stereocenters. The number of rotatable bonds is 6. The van der Waals surface area contributed by atoms with Crippen molar-refractivity contribution in [3.05, 3.63) is 64.7 Å². The fourth-order valence-corrected chi connectivity index (χ4v) is 3.95. The number of hydrogen-bond acceptors (Lipinski definition) is 4. The van der Waals surface area contributed by atoms with Crippen LogP contribution in [-0.2, 0) is 0 Å². The average Bonchev–Trinajstić information content (AvgIpc) is 2.98. The minimum Gasteiger partial charge on any atom is -0.348 e. The van der Waals surface area contributed by atoms with Crippen LogP contribution in [-0.4, -0.2) is 23.1 Å². The largest absolute Gasteiger partial charge is 0.348 e. The number of benzene rings is 1. The zero-order valence-corrected chi connectivity index (χ0v) is 16.0. The van der Waals surface area contributed by atoms with Gasteiger partial charge >= 0.3 is 0 Å². The molecule has 2 aromatic heterocycles. The number of fused-ring (bicyclic) bond motifs is 1. The topological polar surface area (TPSA) is 29.0 Å². The van der Waals surface area contributed by atoms with Gasteiger partial charge in [-0.1, -0.05) is 40.2 Å². The lowest BCUT2D eigenvalue weighted by Crippen LogP contribution is -2.24. The van der Waals surface area contributed by atoms with Crippen LogP contribution in [0.15, 0.2) is 59.4 Å². The lowest BCUT2D eigenvalue weighted by molar-refractivity contribution is 0.929. The first kappa shape index (κ1) is 17.1. The summed E-state index contributed by atoms with van der Waals surface area (Å²) in [5.41, 5.74) is 2.22. The van der Waals surface area contributed by atoms with Gasteiger partial charge in [0, 0.05) is 28.5 Å². The van der Waals surface area contributed by atoms with Gasteiger partial charge in [-0.15, -0.1) is 24.5 Å². The Kier molecular flexibility index (Phi) is 5.33. The maximum Gasteiger partial charge on any atom is 0.225 e. The van der Waals surface area contributed by atoms with Crippen LogP contribution in [0, 0.1) is 0 Å². The summed E-state index contributed by atoms with van der Waals surface area (Å²) < 4.78 is 1.05. The van der Waals surface area contributed by atoms with E-state index < -0.39 is 0 Å². The van der Waals surface area contributed by atoms with Crippen LogP contribution >= 0.6 is 38.9 Å². The van der Waals surface area contributed by atoms with Crippen molar-refractivity contribution in [2.75, 3.05) is 18.0 Å². The fourth-order valence-electron chi connectivity index (χ4n) is 2.53. The summed E-state index contributed by atoms with van der Waals surface area (Å²) in [7, 11) is 0. The summed E-state index contributed by atoms with van der Waals surface area (Å²) in [6.45, 7) is 8.98. The second-order valence-corrected chi connectivity index (χ2v) is 7.25. The first-order chi connectivity index (χ1) is 11.6. The van der Waals surface area contributed by atoms with Gasteiger partial charge in [-0.3, -0.25) is 0 Å². The molecule has 0 amide bonds. The number of aromatic nitrogens is 2. The van der Waals surface area contributed by atoms with Gasteiger partial charge in [0.15, 0.2) is 0 Å². The van der Waals surface area contributed by atoms with E-state index in [-0.39, 0.29) is 5.28 Å². The Morgan fingerprint density at radius 2 is 1.79 bits per heavy atom. The highest BCUT2D eigenvalue weighted by Crippen LogP contribution is 2.39. The van der Waals surface area contributed by atoms with Crippen LogP contribution in [0.2, 0.25) is 5.28 Å². The highest BCUT2D eigenvalue weighted by atomic mass is 79.9. The molecule has 24 heavy (non-hydrogen) atoms. The zero-order chi connectivity index (χ0) is 17.1. The molecule has 6 heteroatoms. The SMILES string of the molecule is C=CCN(CC=C)c1nc(Cl)nc2scc(-c3ccc(Br)cc3)c12. The summed E-state index contributed by atoms with van der Waals surface area (Å²) >= 11 is 11.2. The van der Waals surface area contributed by atoms with Gasteiger partial charge in [0.1, 0.15) is 10.6 Å². The summed E-state index contributed by atoms with van der Waals surface area (Å²) in [5, 5.41) is 3.36. The number of hydrogen-bond donors (Lipinski definition) is 0. The van der Waals surface area contributed by atoms with Gasteiger partial charge in [0.2, 0.25) is 5.28 Å². The molecule has 0 bridgehead atoms. The summed E-state index contributed by atoms with van der Waals surface area (Å²) in [4.78, 5) is 11.8. The fraction of sp³-hybridized carbons (Fsp3) is 0.111. The highest BCUT2D eigenvalue weighted by Gasteiger charge is 2.18. The smallest absolute Gasteiger partial charge is 0.225 e. The molecule has 0 aliphatic carbocycles. The molecule has 1 aromatic carbocycles. The molecule has 0 N–H and O–H groups in total. The molecule has 0 unspecified atom stereocenters.